The van der Waals surface area contributed by atoms with Crippen LogP contribution in [0.5, 0.6) is 0 Å². The van der Waals surface area contributed by atoms with Crippen LogP contribution in [0.3, 0.4) is 0 Å². The molecule has 2 nitrogen and oxygen atoms in total. The zero-order chi connectivity index (χ0) is 13.9. The van der Waals surface area contributed by atoms with E-state index in [1.807, 2.05) is 54.6 Å². The van der Waals surface area contributed by atoms with Gasteiger partial charge in [0, 0.05) is 5.02 Å². The third kappa shape index (κ3) is 2.57. The first kappa shape index (κ1) is 12.9. The normalized spacial score (nSPS) is 11.5. The van der Waals surface area contributed by atoms with E-state index in [1.54, 1.807) is 0 Å². The van der Waals surface area contributed by atoms with Crippen molar-refractivity contribution >= 4 is 44.8 Å². The monoisotopic (exact) mass is 296 g/mol. The average molecular weight is 297 g/mol. The zero-order valence-corrected chi connectivity index (χ0v) is 11.9. The molecule has 3 aromatic rings. The lowest BCUT2D eigenvalue weighted by Crippen LogP contribution is -1.80. The number of aromatic nitrogens is 1. The highest BCUT2D eigenvalue weighted by Crippen LogP contribution is 2.29. The molecule has 0 fully saturated rings. The van der Waals surface area contributed by atoms with Crippen LogP contribution >= 0.6 is 22.9 Å². The Hall–Kier alpha value is -2.15. The molecule has 1 aromatic heterocycles. The minimum absolute atomic E-state index is 0.563. The van der Waals surface area contributed by atoms with E-state index in [2.05, 4.69) is 11.1 Å². The lowest BCUT2D eigenvalue weighted by Gasteiger charge is -1.94. The predicted molar refractivity (Wildman–Crippen MR) is 84.6 cm³/mol. The van der Waals surface area contributed by atoms with Gasteiger partial charge in [-0.2, -0.15) is 5.26 Å². The Labute approximate surface area is 125 Å². The summed E-state index contributed by atoms with van der Waals surface area (Å²) >= 11 is 7.45. The molecule has 96 valence electrons. The first-order chi connectivity index (χ1) is 9.76. The molecule has 4 heteroatoms. The molecule has 0 atom stereocenters. The van der Waals surface area contributed by atoms with Crippen LogP contribution in [0, 0.1) is 11.3 Å². The summed E-state index contributed by atoms with van der Waals surface area (Å²) in [6, 6.07) is 17.5. The standard InChI is InChI=1S/C16H9ClN2S/c17-13-6-7-15-14(9-13)19-16(20-15)12(10-18)8-11-4-2-1-3-5-11/h1-9H. The molecule has 0 amide bonds. The van der Waals surface area contributed by atoms with E-state index in [1.165, 1.54) is 11.3 Å². The molecule has 0 aliphatic rings. The third-order valence-corrected chi connectivity index (χ3v) is 4.12. The van der Waals surface area contributed by atoms with Gasteiger partial charge < -0.3 is 0 Å². The first-order valence-corrected chi connectivity index (χ1v) is 7.19. The first-order valence-electron chi connectivity index (χ1n) is 5.99. The fraction of sp³-hybridized carbons (Fsp3) is 0. The Kier molecular flexibility index (Phi) is 3.51. The number of nitriles is 1. The molecule has 0 unspecified atom stereocenters. The number of hydrogen-bond donors (Lipinski definition) is 0. The number of nitrogens with zero attached hydrogens (tertiary/aromatic N) is 2. The summed E-state index contributed by atoms with van der Waals surface area (Å²) in [5, 5.41) is 10.7. The van der Waals surface area contributed by atoms with Crippen LogP contribution in [0.25, 0.3) is 21.9 Å². The highest BCUT2D eigenvalue weighted by atomic mass is 35.5. The van der Waals surface area contributed by atoms with Crippen molar-refractivity contribution in [3.63, 3.8) is 0 Å². The van der Waals surface area contributed by atoms with Crippen LogP contribution in [0.1, 0.15) is 10.6 Å². The lowest BCUT2D eigenvalue weighted by molar-refractivity contribution is 1.43. The fourth-order valence-electron chi connectivity index (χ4n) is 1.87. The number of thiazole rings is 1. The van der Waals surface area contributed by atoms with E-state index in [-0.39, 0.29) is 0 Å². The molecular weight excluding hydrogens is 288 g/mol. The van der Waals surface area contributed by atoms with Gasteiger partial charge in [0.15, 0.2) is 0 Å². The van der Waals surface area contributed by atoms with Gasteiger partial charge in [0.2, 0.25) is 0 Å². The molecule has 1 heterocycles. The van der Waals surface area contributed by atoms with Gasteiger partial charge in [0.25, 0.3) is 0 Å². The summed E-state index contributed by atoms with van der Waals surface area (Å²) in [5.41, 5.74) is 2.38. The molecule has 0 bridgehead atoms. The minimum Gasteiger partial charge on any atom is -0.235 e. The molecule has 0 aliphatic carbocycles. The van der Waals surface area contributed by atoms with Crippen LogP contribution in [-0.4, -0.2) is 4.98 Å². The second-order valence-electron chi connectivity index (χ2n) is 4.21. The van der Waals surface area contributed by atoms with Crippen LogP contribution in [0.2, 0.25) is 5.02 Å². The zero-order valence-electron chi connectivity index (χ0n) is 10.4. The number of hydrogen-bond acceptors (Lipinski definition) is 3. The number of rotatable bonds is 2. The van der Waals surface area contributed by atoms with E-state index >= 15 is 0 Å². The molecule has 0 saturated carbocycles. The summed E-state index contributed by atoms with van der Waals surface area (Å²) in [7, 11) is 0. The van der Waals surface area contributed by atoms with Gasteiger partial charge in [-0.15, -0.1) is 11.3 Å². The average Bonchev–Trinajstić information content (AvgIpc) is 2.88. The molecule has 0 aliphatic heterocycles. The fourth-order valence-corrected chi connectivity index (χ4v) is 2.95. The Morgan fingerprint density at radius 2 is 2.00 bits per heavy atom. The second kappa shape index (κ2) is 5.46. The third-order valence-electron chi connectivity index (χ3n) is 2.81. The van der Waals surface area contributed by atoms with Gasteiger partial charge in [0.05, 0.1) is 15.8 Å². The van der Waals surface area contributed by atoms with Crippen molar-refractivity contribution in [2.75, 3.05) is 0 Å². The Balaban J connectivity index is 2.08. The summed E-state index contributed by atoms with van der Waals surface area (Å²) in [4.78, 5) is 4.48. The van der Waals surface area contributed by atoms with Crippen molar-refractivity contribution in [1.29, 1.82) is 5.26 Å². The number of benzene rings is 2. The van der Waals surface area contributed by atoms with E-state index in [0.717, 1.165) is 15.8 Å². The predicted octanol–water partition coefficient (Wildman–Crippen LogP) is 5.01. The SMILES string of the molecule is N#CC(=Cc1ccccc1)c1nc2cc(Cl)ccc2s1. The van der Waals surface area contributed by atoms with Gasteiger partial charge in [-0.3, -0.25) is 0 Å². The van der Waals surface area contributed by atoms with Gasteiger partial charge in [-0.05, 0) is 29.8 Å². The maximum Gasteiger partial charge on any atom is 0.135 e. The maximum absolute atomic E-state index is 9.34. The Morgan fingerprint density at radius 3 is 2.75 bits per heavy atom. The van der Waals surface area contributed by atoms with Gasteiger partial charge >= 0.3 is 0 Å². The van der Waals surface area contributed by atoms with Crippen molar-refractivity contribution < 1.29 is 0 Å². The number of halogens is 1. The van der Waals surface area contributed by atoms with Crippen molar-refractivity contribution in [3.05, 3.63) is 64.1 Å². The molecule has 20 heavy (non-hydrogen) atoms. The number of allylic oxidation sites excluding steroid dienone is 1. The molecule has 3 rings (SSSR count). The van der Waals surface area contributed by atoms with Crippen LogP contribution in [-0.2, 0) is 0 Å². The van der Waals surface area contributed by atoms with E-state index in [0.29, 0.717) is 15.6 Å². The quantitative estimate of drug-likeness (QED) is 0.623. The van der Waals surface area contributed by atoms with E-state index < -0.39 is 0 Å². The van der Waals surface area contributed by atoms with Crippen molar-refractivity contribution in [2.45, 2.75) is 0 Å². The highest BCUT2D eigenvalue weighted by Gasteiger charge is 2.09. The van der Waals surface area contributed by atoms with Crippen LogP contribution in [0.4, 0.5) is 0 Å². The van der Waals surface area contributed by atoms with E-state index in [4.69, 9.17) is 11.6 Å². The highest BCUT2D eigenvalue weighted by molar-refractivity contribution is 7.19. The summed E-state index contributed by atoms with van der Waals surface area (Å²) in [5.74, 6) is 0. The lowest BCUT2D eigenvalue weighted by atomic mass is 10.1. The maximum atomic E-state index is 9.34. The largest absolute Gasteiger partial charge is 0.235 e. The molecule has 0 radical (unpaired) electrons. The van der Waals surface area contributed by atoms with Crippen molar-refractivity contribution in [2.24, 2.45) is 0 Å². The molecule has 2 aromatic carbocycles. The molecular formula is C16H9ClN2S. The molecule has 0 saturated heterocycles. The smallest absolute Gasteiger partial charge is 0.135 e. The molecule has 0 N–H and O–H groups in total. The summed E-state index contributed by atoms with van der Waals surface area (Å²) < 4.78 is 1.03. The van der Waals surface area contributed by atoms with Gasteiger partial charge in [-0.1, -0.05) is 41.9 Å². The number of fused-ring (bicyclic) bond motifs is 1. The van der Waals surface area contributed by atoms with Gasteiger partial charge in [-0.25, -0.2) is 4.98 Å². The van der Waals surface area contributed by atoms with Crippen LogP contribution < -0.4 is 0 Å². The summed E-state index contributed by atoms with van der Waals surface area (Å²) in [6.45, 7) is 0. The topological polar surface area (TPSA) is 36.7 Å². The Morgan fingerprint density at radius 1 is 1.20 bits per heavy atom. The Bertz CT molecular complexity index is 829. The second-order valence-corrected chi connectivity index (χ2v) is 5.68. The van der Waals surface area contributed by atoms with E-state index in [9.17, 15) is 5.26 Å². The summed E-state index contributed by atoms with van der Waals surface area (Å²) in [6.07, 6.45) is 1.85. The van der Waals surface area contributed by atoms with Crippen LogP contribution in [0.15, 0.2) is 48.5 Å². The minimum atomic E-state index is 0.563. The molecule has 0 spiro atoms. The van der Waals surface area contributed by atoms with Gasteiger partial charge in [0.1, 0.15) is 11.1 Å². The van der Waals surface area contributed by atoms with Crippen molar-refractivity contribution in [3.8, 4) is 6.07 Å². The van der Waals surface area contributed by atoms with Crippen molar-refractivity contribution in [1.82, 2.24) is 4.98 Å².